The molecule has 28 heavy (non-hydrogen) atoms. The molecule has 1 aliphatic rings. The van der Waals surface area contributed by atoms with Crippen molar-refractivity contribution in [1.29, 1.82) is 5.26 Å². The van der Waals surface area contributed by atoms with Crippen LogP contribution in [0.4, 0.5) is 5.69 Å². The van der Waals surface area contributed by atoms with Crippen LogP contribution in [0.2, 0.25) is 0 Å². The molecular weight excluding hydrogens is 354 g/mol. The first kappa shape index (κ1) is 19.4. The van der Waals surface area contributed by atoms with Gasteiger partial charge in [0.05, 0.1) is 20.1 Å². The minimum absolute atomic E-state index is 0.131. The predicted molar refractivity (Wildman–Crippen MR) is 109 cm³/mol. The number of anilines is 1. The van der Waals surface area contributed by atoms with Gasteiger partial charge in [0.1, 0.15) is 17.4 Å². The summed E-state index contributed by atoms with van der Waals surface area (Å²) >= 11 is 0. The monoisotopic (exact) mass is 379 g/mol. The van der Waals surface area contributed by atoms with Crippen molar-refractivity contribution in [3.05, 3.63) is 59.0 Å². The van der Waals surface area contributed by atoms with Gasteiger partial charge in [-0.2, -0.15) is 5.26 Å². The summed E-state index contributed by atoms with van der Waals surface area (Å²) in [6.07, 6.45) is 0. The van der Waals surface area contributed by atoms with Crippen molar-refractivity contribution >= 4 is 5.69 Å². The molecule has 1 heterocycles. The van der Waals surface area contributed by atoms with Crippen LogP contribution in [0.5, 0.6) is 17.2 Å². The number of allylic oxidation sites excluding steroid dienone is 1. The topological polar surface area (TPSA) is 80.7 Å². The van der Waals surface area contributed by atoms with Crippen molar-refractivity contribution in [2.75, 3.05) is 32.2 Å². The molecule has 6 heteroatoms. The predicted octanol–water partition coefficient (Wildman–Crippen LogP) is 3.77. The Labute approximate surface area is 165 Å². The molecule has 0 aliphatic carbocycles. The molecule has 0 saturated heterocycles. The number of rotatable bonds is 6. The molecule has 0 unspecified atom stereocenters. The van der Waals surface area contributed by atoms with E-state index in [1.165, 1.54) is 0 Å². The molecule has 6 nitrogen and oxygen atoms in total. The van der Waals surface area contributed by atoms with Crippen molar-refractivity contribution in [3.8, 4) is 23.3 Å². The highest BCUT2D eigenvalue weighted by molar-refractivity contribution is 5.62. The lowest BCUT2D eigenvalue weighted by atomic mass is 9.83. The Hall–Kier alpha value is -3.33. The maximum absolute atomic E-state index is 9.73. The molecule has 2 aromatic rings. The maximum Gasteiger partial charge on any atom is 0.205 e. The van der Waals surface area contributed by atoms with Crippen molar-refractivity contribution in [1.82, 2.24) is 0 Å². The Morgan fingerprint density at radius 2 is 1.79 bits per heavy atom. The second-order valence-corrected chi connectivity index (χ2v) is 6.43. The zero-order valence-electron chi connectivity index (χ0n) is 16.7. The highest BCUT2D eigenvalue weighted by Crippen LogP contribution is 2.45. The van der Waals surface area contributed by atoms with Gasteiger partial charge in [-0.05, 0) is 37.6 Å². The number of nitriles is 1. The van der Waals surface area contributed by atoms with E-state index in [0.717, 1.165) is 29.9 Å². The molecule has 0 aromatic heterocycles. The second kappa shape index (κ2) is 8.13. The highest BCUT2D eigenvalue weighted by Gasteiger charge is 2.31. The molecule has 146 valence electrons. The first-order valence-electron chi connectivity index (χ1n) is 9.26. The summed E-state index contributed by atoms with van der Waals surface area (Å²) in [5.41, 5.74) is 9.34. The molecule has 2 aromatic carbocycles. The molecule has 3 rings (SSSR count). The molecule has 2 N–H and O–H groups in total. The van der Waals surface area contributed by atoms with Crippen LogP contribution in [-0.2, 0) is 0 Å². The summed E-state index contributed by atoms with van der Waals surface area (Å²) in [5.74, 6) is 1.70. The van der Waals surface area contributed by atoms with Gasteiger partial charge in [0.15, 0.2) is 11.5 Å². The minimum atomic E-state index is -0.334. The number of hydrogen-bond acceptors (Lipinski definition) is 6. The van der Waals surface area contributed by atoms with Gasteiger partial charge in [-0.15, -0.1) is 0 Å². The summed E-state index contributed by atoms with van der Waals surface area (Å²) < 4.78 is 16.6. The summed E-state index contributed by atoms with van der Waals surface area (Å²) in [6, 6.07) is 13.9. The lowest BCUT2D eigenvalue weighted by Gasteiger charge is -2.29. The van der Waals surface area contributed by atoms with Gasteiger partial charge in [0.25, 0.3) is 0 Å². The highest BCUT2D eigenvalue weighted by atomic mass is 16.5. The van der Waals surface area contributed by atoms with E-state index in [1.54, 1.807) is 14.2 Å². The SMILES string of the molecule is CCN(CC)c1ccc2c(c1)OC(N)=C(C#N)[C@H]2c1ccc(OC)c(OC)c1. The van der Waals surface area contributed by atoms with E-state index in [0.29, 0.717) is 22.8 Å². The number of ether oxygens (including phenoxy) is 3. The fourth-order valence-electron chi connectivity index (χ4n) is 3.60. The summed E-state index contributed by atoms with van der Waals surface area (Å²) in [4.78, 5) is 2.23. The van der Waals surface area contributed by atoms with Gasteiger partial charge < -0.3 is 24.8 Å². The molecule has 1 atom stereocenters. The van der Waals surface area contributed by atoms with Crippen LogP contribution in [0.3, 0.4) is 0 Å². The molecule has 0 spiro atoms. The van der Waals surface area contributed by atoms with E-state index in [4.69, 9.17) is 19.9 Å². The van der Waals surface area contributed by atoms with E-state index in [1.807, 2.05) is 30.3 Å². The minimum Gasteiger partial charge on any atom is -0.493 e. The third kappa shape index (κ3) is 3.31. The lowest BCUT2D eigenvalue weighted by Crippen LogP contribution is -2.24. The fourth-order valence-corrected chi connectivity index (χ4v) is 3.60. The zero-order chi connectivity index (χ0) is 20.3. The lowest BCUT2D eigenvalue weighted by molar-refractivity contribution is 0.354. The van der Waals surface area contributed by atoms with E-state index in [2.05, 4.69) is 30.9 Å². The second-order valence-electron chi connectivity index (χ2n) is 6.43. The van der Waals surface area contributed by atoms with Crippen molar-refractivity contribution in [2.24, 2.45) is 5.73 Å². The number of fused-ring (bicyclic) bond motifs is 1. The van der Waals surface area contributed by atoms with Crippen LogP contribution in [0.15, 0.2) is 47.9 Å². The first-order chi connectivity index (χ1) is 13.6. The Morgan fingerprint density at radius 3 is 2.39 bits per heavy atom. The average Bonchev–Trinajstić information content (AvgIpc) is 2.73. The van der Waals surface area contributed by atoms with Gasteiger partial charge in [-0.25, -0.2) is 0 Å². The zero-order valence-corrected chi connectivity index (χ0v) is 16.7. The summed E-state index contributed by atoms with van der Waals surface area (Å²) in [7, 11) is 3.18. The molecule has 0 saturated carbocycles. The normalized spacial score (nSPS) is 15.3. The van der Waals surface area contributed by atoms with Crippen molar-refractivity contribution < 1.29 is 14.2 Å². The van der Waals surface area contributed by atoms with Crippen LogP contribution in [-0.4, -0.2) is 27.3 Å². The van der Waals surface area contributed by atoms with E-state index >= 15 is 0 Å². The number of nitrogens with zero attached hydrogens (tertiary/aromatic N) is 2. The average molecular weight is 379 g/mol. The van der Waals surface area contributed by atoms with Gasteiger partial charge >= 0.3 is 0 Å². The van der Waals surface area contributed by atoms with Gasteiger partial charge in [-0.1, -0.05) is 12.1 Å². The number of nitrogens with two attached hydrogens (primary N) is 1. The number of hydrogen-bond donors (Lipinski definition) is 1. The molecule has 0 fully saturated rings. The largest absolute Gasteiger partial charge is 0.493 e. The van der Waals surface area contributed by atoms with Gasteiger partial charge in [0, 0.05) is 30.4 Å². The fraction of sp³-hybridized carbons (Fsp3) is 0.318. The number of methoxy groups -OCH3 is 2. The van der Waals surface area contributed by atoms with Crippen LogP contribution in [0.1, 0.15) is 30.9 Å². The van der Waals surface area contributed by atoms with Gasteiger partial charge in [-0.3, -0.25) is 0 Å². The number of benzene rings is 2. The third-order valence-corrected chi connectivity index (χ3v) is 5.07. The maximum atomic E-state index is 9.73. The quantitative estimate of drug-likeness (QED) is 0.823. The summed E-state index contributed by atoms with van der Waals surface area (Å²) in [6.45, 7) is 6.00. The third-order valence-electron chi connectivity index (χ3n) is 5.07. The van der Waals surface area contributed by atoms with Gasteiger partial charge in [0.2, 0.25) is 5.88 Å². The van der Waals surface area contributed by atoms with Crippen LogP contribution < -0.4 is 24.8 Å². The molecule has 0 bridgehead atoms. The van der Waals surface area contributed by atoms with E-state index < -0.39 is 0 Å². The van der Waals surface area contributed by atoms with Crippen LogP contribution in [0.25, 0.3) is 0 Å². The van der Waals surface area contributed by atoms with E-state index in [9.17, 15) is 5.26 Å². The van der Waals surface area contributed by atoms with Crippen molar-refractivity contribution in [3.63, 3.8) is 0 Å². The van der Waals surface area contributed by atoms with Crippen LogP contribution >= 0.6 is 0 Å². The van der Waals surface area contributed by atoms with Crippen molar-refractivity contribution in [2.45, 2.75) is 19.8 Å². The first-order valence-corrected chi connectivity index (χ1v) is 9.26. The smallest absolute Gasteiger partial charge is 0.205 e. The van der Waals surface area contributed by atoms with Crippen LogP contribution in [0, 0.1) is 11.3 Å². The molecular formula is C22H25N3O3. The van der Waals surface area contributed by atoms with E-state index in [-0.39, 0.29) is 11.8 Å². The molecule has 0 radical (unpaired) electrons. The Balaban J connectivity index is 2.15. The Morgan fingerprint density at radius 1 is 1.07 bits per heavy atom. The standard InChI is InChI=1S/C22H25N3O3/c1-5-25(6-2)15-8-9-16-19(12-15)28-22(24)17(13-23)21(16)14-7-10-18(26-3)20(11-14)27-4/h7-12,21H,5-6,24H2,1-4H3/t21-/m0/s1. The molecule has 0 amide bonds. The Kier molecular flexibility index (Phi) is 5.65. The summed E-state index contributed by atoms with van der Waals surface area (Å²) in [5, 5.41) is 9.73. The molecule has 1 aliphatic heterocycles. The Bertz CT molecular complexity index is 943.